The molecule has 8 nitrogen and oxygen atoms in total. The molecular weight excluding hydrogens is 388 g/mol. The second-order valence-electron chi connectivity index (χ2n) is 6.39. The van der Waals surface area contributed by atoms with Gasteiger partial charge in [-0.05, 0) is 42.0 Å². The largest absolute Gasteiger partial charge is 0.324 e. The molecule has 150 valence electrons. The third kappa shape index (κ3) is 5.62. The van der Waals surface area contributed by atoms with Gasteiger partial charge in [0.25, 0.3) is 0 Å². The lowest BCUT2D eigenvalue weighted by Crippen LogP contribution is -2.07. The molecule has 0 fully saturated rings. The second-order valence-corrected chi connectivity index (χ2v) is 6.39. The first-order valence-corrected chi connectivity index (χ1v) is 9.48. The second kappa shape index (κ2) is 9.62. The molecule has 0 amide bonds. The molecule has 1 aromatic heterocycles. The number of nitrogens with one attached hydrogen (secondary N) is 3. The summed E-state index contributed by atoms with van der Waals surface area (Å²) in [5.41, 5.74) is 5.97. The van der Waals surface area contributed by atoms with Gasteiger partial charge in [0, 0.05) is 11.4 Å². The van der Waals surface area contributed by atoms with Crippen LogP contribution in [0.2, 0.25) is 0 Å². The van der Waals surface area contributed by atoms with Crippen molar-refractivity contribution >= 4 is 35.4 Å². The van der Waals surface area contributed by atoms with Gasteiger partial charge < -0.3 is 10.6 Å². The van der Waals surface area contributed by atoms with Gasteiger partial charge in [0.05, 0.1) is 17.8 Å². The molecule has 0 aliphatic heterocycles. The lowest BCUT2D eigenvalue weighted by Gasteiger charge is -2.10. The monoisotopic (exact) mass is 406 g/mol. The first-order valence-electron chi connectivity index (χ1n) is 9.48. The molecule has 31 heavy (non-hydrogen) atoms. The Labute approximate surface area is 179 Å². The first-order chi connectivity index (χ1) is 15.3. The minimum Gasteiger partial charge on any atom is -0.324 e. The van der Waals surface area contributed by atoms with E-state index in [0.717, 1.165) is 16.9 Å². The predicted molar refractivity (Wildman–Crippen MR) is 122 cm³/mol. The van der Waals surface area contributed by atoms with Crippen molar-refractivity contribution < 1.29 is 0 Å². The highest BCUT2D eigenvalue weighted by molar-refractivity contribution is 5.80. The highest BCUT2D eigenvalue weighted by atomic mass is 15.4. The van der Waals surface area contributed by atoms with E-state index in [1.54, 1.807) is 18.3 Å². The summed E-state index contributed by atoms with van der Waals surface area (Å²) in [5, 5.41) is 19.4. The summed E-state index contributed by atoms with van der Waals surface area (Å²) in [6.07, 6.45) is 1.62. The summed E-state index contributed by atoms with van der Waals surface area (Å²) in [7, 11) is 0. The van der Waals surface area contributed by atoms with Gasteiger partial charge in [0.2, 0.25) is 17.8 Å². The summed E-state index contributed by atoms with van der Waals surface area (Å²) < 4.78 is 0. The molecular formula is C23H18N8. The molecule has 1 heterocycles. The van der Waals surface area contributed by atoms with E-state index in [9.17, 15) is 0 Å². The Balaban J connectivity index is 1.55. The van der Waals surface area contributed by atoms with Crippen LogP contribution < -0.4 is 16.1 Å². The average Bonchev–Trinajstić information content (AvgIpc) is 2.81. The SMILES string of the molecule is N#Cc1ccc(/C=N\Nc2nc(Nc3ccccc3)nc(Nc3ccccc3)n2)cc1. The van der Waals surface area contributed by atoms with Crippen LogP contribution in [0.3, 0.4) is 0 Å². The van der Waals surface area contributed by atoms with E-state index in [-0.39, 0.29) is 5.95 Å². The topological polar surface area (TPSA) is 111 Å². The first kappa shape index (κ1) is 19.5. The molecule has 0 aliphatic rings. The number of para-hydroxylation sites is 2. The zero-order chi connectivity index (χ0) is 21.3. The average molecular weight is 406 g/mol. The van der Waals surface area contributed by atoms with E-state index in [2.05, 4.69) is 42.2 Å². The maximum absolute atomic E-state index is 8.89. The molecule has 4 aromatic rings. The normalized spacial score (nSPS) is 10.4. The number of anilines is 5. The molecule has 0 atom stereocenters. The van der Waals surface area contributed by atoms with Crippen LogP contribution in [0, 0.1) is 11.3 Å². The van der Waals surface area contributed by atoms with Crippen LogP contribution in [0.1, 0.15) is 11.1 Å². The Morgan fingerprint density at radius 2 is 1.19 bits per heavy atom. The molecule has 0 bridgehead atoms. The fraction of sp³-hybridized carbons (Fsp3) is 0. The van der Waals surface area contributed by atoms with Gasteiger partial charge in [-0.25, -0.2) is 5.43 Å². The van der Waals surface area contributed by atoms with Crippen LogP contribution in [0.25, 0.3) is 0 Å². The minimum absolute atomic E-state index is 0.275. The number of nitrogens with zero attached hydrogens (tertiary/aromatic N) is 5. The van der Waals surface area contributed by atoms with Crippen LogP contribution in [-0.2, 0) is 0 Å². The Bertz CT molecular complexity index is 1140. The molecule has 3 N–H and O–H groups in total. The third-order valence-corrected chi connectivity index (χ3v) is 4.11. The molecule has 0 aliphatic carbocycles. The van der Waals surface area contributed by atoms with Crippen LogP contribution >= 0.6 is 0 Å². The van der Waals surface area contributed by atoms with Crippen molar-refractivity contribution in [1.29, 1.82) is 5.26 Å². The molecule has 3 aromatic carbocycles. The van der Waals surface area contributed by atoms with Gasteiger partial charge in [-0.1, -0.05) is 48.5 Å². The highest BCUT2D eigenvalue weighted by Crippen LogP contribution is 2.18. The quantitative estimate of drug-likeness (QED) is 0.302. The van der Waals surface area contributed by atoms with Crippen molar-refractivity contribution in [2.75, 3.05) is 16.1 Å². The van der Waals surface area contributed by atoms with Crippen molar-refractivity contribution in [1.82, 2.24) is 15.0 Å². The molecule has 8 heteroatoms. The van der Waals surface area contributed by atoms with E-state index in [1.165, 1.54) is 0 Å². The van der Waals surface area contributed by atoms with Gasteiger partial charge in [0.1, 0.15) is 0 Å². The fourth-order valence-electron chi connectivity index (χ4n) is 2.65. The number of hydrogen-bond acceptors (Lipinski definition) is 8. The molecule has 0 spiro atoms. The summed E-state index contributed by atoms with van der Waals surface area (Å²) in [6, 6.07) is 28.4. The van der Waals surface area contributed by atoms with E-state index in [0.29, 0.717) is 17.5 Å². The maximum atomic E-state index is 8.89. The highest BCUT2D eigenvalue weighted by Gasteiger charge is 2.07. The molecule has 0 unspecified atom stereocenters. The number of hydrogen-bond donors (Lipinski definition) is 3. The number of rotatable bonds is 7. The van der Waals surface area contributed by atoms with Gasteiger partial charge in [-0.3, -0.25) is 0 Å². The Morgan fingerprint density at radius 1 is 0.677 bits per heavy atom. The molecule has 0 saturated carbocycles. The van der Waals surface area contributed by atoms with E-state index < -0.39 is 0 Å². The lowest BCUT2D eigenvalue weighted by atomic mass is 10.2. The van der Waals surface area contributed by atoms with Crippen LogP contribution in [0.5, 0.6) is 0 Å². The Hall–Kier alpha value is -4.77. The van der Waals surface area contributed by atoms with Crippen LogP contribution in [0.15, 0.2) is 90.0 Å². The number of benzene rings is 3. The zero-order valence-corrected chi connectivity index (χ0v) is 16.4. The Morgan fingerprint density at radius 3 is 1.71 bits per heavy atom. The fourth-order valence-corrected chi connectivity index (χ4v) is 2.65. The summed E-state index contributed by atoms with van der Waals surface area (Å²) in [4.78, 5) is 13.2. The van der Waals surface area contributed by atoms with Crippen molar-refractivity contribution in [3.63, 3.8) is 0 Å². The lowest BCUT2D eigenvalue weighted by molar-refractivity contribution is 1.04. The summed E-state index contributed by atoms with van der Waals surface area (Å²) >= 11 is 0. The molecule has 0 radical (unpaired) electrons. The van der Waals surface area contributed by atoms with Crippen molar-refractivity contribution in [3.05, 3.63) is 96.1 Å². The molecule has 4 rings (SSSR count). The van der Waals surface area contributed by atoms with E-state index >= 15 is 0 Å². The molecule has 0 saturated heterocycles. The third-order valence-electron chi connectivity index (χ3n) is 4.11. The van der Waals surface area contributed by atoms with Crippen molar-refractivity contribution in [3.8, 4) is 6.07 Å². The Kier molecular flexibility index (Phi) is 6.07. The zero-order valence-electron chi connectivity index (χ0n) is 16.4. The van der Waals surface area contributed by atoms with Gasteiger partial charge in [-0.2, -0.15) is 25.3 Å². The number of aromatic nitrogens is 3. The smallest absolute Gasteiger partial charge is 0.250 e. The van der Waals surface area contributed by atoms with Gasteiger partial charge in [0.15, 0.2) is 0 Å². The minimum atomic E-state index is 0.275. The van der Waals surface area contributed by atoms with Crippen molar-refractivity contribution in [2.45, 2.75) is 0 Å². The van der Waals surface area contributed by atoms with Crippen molar-refractivity contribution in [2.24, 2.45) is 5.10 Å². The number of nitriles is 1. The van der Waals surface area contributed by atoms with Gasteiger partial charge >= 0.3 is 0 Å². The van der Waals surface area contributed by atoms with Crippen LogP contribution in [0.4, 0.5) is 29.2 Å². The van der Waals surface area contributed by atoms with E-state index in [1.807, 2.05) is 72.8 Å². The maximum Gasteiger partial charge on any atom is 0.250 e. The van der Waals surface area contributed by atoms with Gasteiger partial charge in [-0.15, -0.1) is 0 Å². The van der Waals surface area contributed by atoms with E-state index in [4.69, 9.17) is 5.26 Å². The standard InChI is InChI=1S/C23H18N8/c24-15-17-11-13-18(14-12-17)16-25-31-23-29-21(26-19-7-3-1-4-8-19)28-22(30-23)27-20-9-5-2-6-10-20/h1-14,16H,(H3,26,27,28,29,30,31)/b25-16-. The number of hydrazone groups is 1. The summed E-state index contributed by atoms with van der Waals surface area (Å²) in [6.45, 7) is 0. The predicted octanol–water partition coefficient (Wildman–Crippen LogP) is 4.68. The summed E-state index contributed by atoms with van der Waals surface area (Å²) in [5.74, 6) is 1.02. The van der Waals surface area contributed by atoms with Crippen LogP contribution in [-0.4, -0.2) is 21.2 Å².